The van der Waals surface area contributed by atoms with Gasteiger partial charge in [-0.05, 0) is 58.7 Å². The predicted molar refractivity (Wildman–Crippen MR) is 96.1 cm³/mol. The summed E-state index contributed by atoms with van der Waals surface area (Å²) in [6.45, 7) is 10.0. The molecule has 0 radical (unpaired) electrons. The van der Waals surface area contributed by atoms with Gasteiger partial charge < -0.3 is 14.4 Å². The lowest BCUT2D eigenvalue weighted by atomic mass is 9.96. The van der Waals surface area contributed by atoms with E-state index in [4.69, 9.17) is 9.47 Å². The monoisotopic (exact) mass is 383 g/mol. The standard InChI is InChI=1S/C18H26BrNO3/c1-5-22-16-12-14(19)6-7-15(16)20-10-8-13(9-11-20)17(21)23-18(2,3)4/h6-7,12-13H,5,8-11H2,1-4H3. The highest BCUT2D eigenvalue weighted by Gasteiger charge is 2.29. The number of hydrogen-bond acceptors (Lipinski definition) is 4. The van der Waals surface area contributed by atoms with E-state index in [0.29, 0.717) is 6.61 Å². The van der Waals surface area contributed by atoms with E-state index in [1.54, 1.807) is 0 Å². The third-order valence-electron chi connectivity index (χ3n) is 3.80. The molecule has 5 heteroatoms. The molecule has 1 aromatic rings. The average Bonchev–Trinajstić information content (AvgIpc) is 2.46. The van der Waals surface area contributed by atoms with Gasteiger partial charge in [-0.2, -0.15) is 0 Å². The van der Waals surface area contributed by atoms with Gasteiger partial charge in [-0.1, -0.05) is 15.9 Å². The molecule has 0 unspecified atom stereocenters. The lowest BCUT2D eigenvalue weighted by Crippen LogP contribution is -2.39. The molecule has 4 nitrogen and oxygen atoms in total. The van der Waals surface area contributed by atoms with Crippen LogP contribution < -0.4 is 9.64 Å². The van der Waals surface area contributed by atoms with Crippen LogP contribution in [0.15, 0.2) is 22.7 Å². The number of carbonyl (C=O) groups is 1. The second-order valence-corrected chi connectivity index (χ2v) is 7.76. The highest BCUT2D eigenvalue weighted by Crippen LogP contribution is 2.34. The van der Waals surface area contributed by atoms with Crippen LogP contribution in [-0.2, 0) is 9.53 Å². The van der Waals surface area contributed by atoms with Gasteiger partial charge in [0.2, 0.25) is 0 Å². The van der Waals surface area contributed by atoms with Crippen LogP contribution in [0.2, 0.25) is 0 Å². The van der Waals surface area contributed by atoms with Crippen LogP contribution in [0.5, 0.6) is 5.75 Å². The first-order chi connectivity index (χ1) is 10.8. The van der Waals surface area contributed by atoms with E-state index in [2.05, 4.69) is 26.9 Å². The van der Waals surface area contributed by atoms with Gasteiger partial charge in [0.1, 0.15) is 11.4 Å². The molecule has 1 aliphatic rings. The number of carbonyl (C=O) groups excluding carboxylic acids is 1. The van der Waals surface area contributed by atoms with E-state index in [0.717, 1.165) is 41.8 Å². The fraction of sp³-hybridized carbons (Fsp3) is 0.611. The minimum Gasteiger partial charge on any atom is -0.492 e. The number of benzene rings is 1. The number of nitrogens with zero attached hydrogens (tertiary/aromatic N) is 1. The number of esters is 1. The molecule has 1 aromatic carbocycles. The molecule has 2 rings (SSSR count). The fourth-order valence-electron chi connectivity index (χ4n) is 2.76. The van der Waals surface area contributed by atoms with Crippen LogP contribution in [0.3, 0.4) is 0 Å². The van der Waals surface area contributed by atoms with Gasteiger partial charge in [0.15, 0.2) is 0 Å². The maximum absolute atomic E-state index is 12.2. The number of anilines is 1. The third-order valence-corrected chi connectivity index (χ3v) is 4.29. The molecule has 0 N–H and O–H groups in total. The maximum atomic E-state index is 12.2. The Labute approximate surface area is 147 Å². The molecule has 1 saturated heterocycles. The van der Waals surface area contributed by atoms with E-state index >= 15 is 0 Å². The molecule has 0 amide bonds. The van der Waals surface area contributed by atoms with Crippen molar-refractivity contribution in [3.05, 3.63) is 22.7 Å². The quantitative estimate of drug-likeness (QED) is 0.721. The molecular formula is C18H26BrNO3. The van der Waals surface area contributed by atoms with Gasteiger partial charge in [-0.15, -0.1) is 0 Å². The molecule has 1 aliphatic heterocycles. The van der Waals surface area contributed by atoms with Crippen molar-refractivity contribution in [3.63, 3.8) is 0 Å². The van der Waals surface area contributed by atoms with Crippen molar-refractivity contribution in [1.29, 1.82) is 0 Å². The van der Waals surface area contributed by atoms with E-state index in [9.17, 15) is 4.79 Å². The van der Waals surface area contributed by atoms with E-state index in [1.807, 2.05) is 39.8 Å². The second-order valence-electron chi connectivity index (χ2n) is 6.84. The summed E-state index contributed by atoms with van der Waals surface area (Å²) in [6.07, 6.45) is 1.63. The summed E-state index contributed by atoms with van der Waals surface area (Å²) < 4.78 is 12.3. The Morgan fingerprint density at radius 1 is 1.30 bits per heavy atom. The summed E-state index contributed by atoms with van der Waals surface area (Å²) in [5, 5.41) is 0. The highest BCUT2D eigenvalue weighted by molar-refractivity contribution is 9.10. The predicted octanol–water partition coefficient (Wildman–Crippen LogP) is 4.41. The van der Waals surface area contributed by atoms with Crippen LogP contribution >= 0.6 is 15.9 Å². The van der Waals surface area contributed by atoms with E-state index in [-0.39, 0.29) is 11.9 Å². The molecule has 128 valence electrons. The van der Waals surface area contributed by atoms with Gasteiger partial charge in [0.25, 0.3) is 0 Å². The van der Waals surface area contributed by atoms with Crippen molar-refractivity contribution in [2.75, 3.05) is 24.6 Å². The van der Waals surface area contributed by atoms with Crippen LogP contribution in [-0.4, -0.2) is 31.3 Å². The highest BCUT2D eigenvalue weighted by atomic mass is 79.9. The summed E-state index contributed by atoms with van der Waals surface area (Å²) >= 11 is 3.49. The first-order valence-electron chi connectivity index (χ1n) is 8.20. The van der Waals surface area contributed by atoms with Crippen LogP contribution in [0.25, 0.3) is 0 Å². The van der Waals surface area contributed by atoms with Crippen molar-refractivity contribution < 1.29 is 14.3 Å². The van der Waals surface area contributed by atoms with Gasteiger partial charge in [-0.3, -0.25) is 4.79 Å². The smallest absolute Gasteiger partial charge is 0.309 e. The Hall–Kier alpha value is -1.23. The van der Waals surface area contributed by atoms with Gasteiger partial charge in [0.05, 0.1) is 18.2 Å². The van der Waals surface area contributed by atoms with Crippen molar-refractivity contribution in [3.8, 4) is 5.75 Å². The number of hydrogen-bond donors (Lipinski definition) is 0. The molecule has 1 heterocycles. The molecule has 0 spiro atoms. The maximum Gasteiger partial charge on any atom is 0.309 e. The topological polar surface area (TPSA) is 38.8 Å². The summed E-state index contributed by atoms with van der Waals surface area (Å²) in [6, 6.07) is 6.10. The Kier molecular flexibility index (Phi) is 5.95. The zero-order valence-corrected chi connectivity index (χ0v) is 16.0. The SMILES string of the molecule is CCOc1cc(Br)ccc1N1CCC(C(=O)OC(C)(C)C)CC1. The fourth-order valence-corrected chi connectivity index (χ4v) is 3.10. The first-order valence-corrected chi connectivity index (χ1v) is 8.99. The van der Waals surface area contributed by atoms with Crippen molar-refractivity contribution in [2.24, 2.45) is 5.92 Å². The molecule has 1 fully saturated rings. The van der Waals surface area contributed by atoms with Crippen molar-refractivity contribution in [2.45, 2.75) is 46.1 Å². The normalized spacial score (nSPS) is 16.3. The minimum absolute atomic E-state index is 0.00327. The Morgan fingerprint density at radius 3 is 2.52 bits per heavy atom. The zero-order valence-electron chi connectivity index (χ0n) is 14.4. The molecule has 23 heavy (non-hydrogen) atoms. The summed E-state index contributed by atoms with van der Waals surface area (Å²) in [5.74, 6) is 0.812. The Balaban J connectivity index is 2.01. The zero-order chi connectivity index (χ0) is 17.0. The Morgan fingerprint density at radius 2 is 1.96 bits per heavy atom. The molecule has 0 aliphatic carbocycles. The second kappa shape index (κ2) is 7.56. The Bertz CT molecular complexity index is 546. The molecule has 0 aromatic heterocycles. The molecular weight excluding hydrogens is 358 g/mol. The number of halogens is 1. The molecule has 0 bridgehead atoms. The van der Waals surface area contributed by atoms with Crippen LogP contribution in [0, 0.1) is 5.92 Å². The van der Waals surface area contributed by atoms with E-state index < -0.39 is 5.60 Å². The third kappa shape index (κ3) is 5.13. The van der Waals surface area contributed by atoms with Crippen LogP contribution in [0.1, 0.15) is 40.5 Å². The largest absolute Gasteiger partial charge is 0.492 e. The number of piperidine rings is 1. The van der Waals surface area contributed by atoms with Crippen LogP contribution in [0.4, 0.5) is 5.69 Å². The summed E-state index contributed by atoms with van der Waals surface area (Å²) in [4.78, 5) is 14.5. The lowest BCUT2D eigenvalue weighted by molar-refractivity contribution is -0.160. The number of ether oxygens (including phenoxy) is 2. The van der Waals surface area contributed by atoms with E-state index in [1.165, 1.54) is 0 Å². The minimum atomic E-state index is -0.415. The van der Waals surface area contributed by atoms with Gasteiger partial charge in [0, 0.05) is 17.6 Å². The van der Waals surface area contributed by atoms with Gasteiger partial charge in [-0.25, -0.2) is 0 Å². The van der Waals surface area contributed by atoms with Crippen molar-refractivity contribution in [1.82, 2.24) is 0 Å². The first kappa shape index (κ1) is 18.1. The van der Waals surface area contributed by atoms with Crippen molar-refractivity contribution >= 4 is 27.6 Å². The summed E-state index contributed by atoms with van der Waals surface area (Å²) in [7, 11) is 0. The van der Waals surface area contributed by atoms with Gasteiger partial charge >= 0.3 is 5.97 Å². The molecule has 0 saturated carbocycles. The molecule has 0 atom stereocenters. The number of rotatable bonds is 4. The average molecular weight is 384 g/mol. The summed E-state index contributed by atoms with van der Waals surface area (Å²) in [5.41, 5.74) is 0.680. The lowest BCUT2D eigenvalue weighted by Gasteiger charge is -2.34.